The van der Waals surface area contributed by atoms with E-state index in [1.54, 1.807) is 36.4 Å². The van der Waals surface area contributed by atoms with E-state index in [1.807, 2.05) is 78.6 Å². The number of ether oxygens (including phenoxy) is 2. The van der Waals surface area contributed by atoms with E-state index < -0.39 is 12.3 Å². The second kappa shape index (κ2) is 14.2. The van der Waals surface area contributed by atoms with Crippen LogP contribution in [0.2, 0.25) is 5.79 Å². The molecule has 0 atom stereocenters. The Bertz CT molecular complexity index is 1080. The summed E-state index contributed by atoms with van der Waals surface area (Å²) in [6.45, 7) is 0. The standard InChI is InChI=1S/2C13H10O3.CH3.Al/c2*14-13(15)16-12-9-5-4-8-11(12)10-6-2-1-3-7-10;;/h2*1-9H,(H,14,15);1H3;/q;;;+2/p-2. The molecule has 0 aliphatic heterocycles. The molecule has 0 aliphatic rings. The van der Waals surface area contributed by atoms with Gasteiger partial charge in [-0.2, -0.15) is 0 Å². The minimum atomic E-state index is -1.55. The zero-order valence-electron chi connectivity index (χ0n) is 18.4. The predicted octanol–water partition coefficient (Wildman–Crippen LogP) is 4.35. The Balaban J connectivity index is 0.000000224. The van der Waals surface area contributed by atoms with E-state index in [4.69, 9.17) is 0 Å². The summed E-state index contributed by atoms with van der Waals surface area (Å²) in [5.41, 5.74) is 3.26. The number of carbonyl (C=O) groups excluding carboxylic acids is 2. The van der Waals surface area contributed by atoms with Gasteiger partial charge in [-0.15, -0.1) is 0 Å². The summed E-state index contributed by atoms with van der Waals surface area (Å²) in [6.07, 6.45) is -3.10. The quantitative estimate of drug-likeness (QED) is 0.251. The summed E-state index contributed by atoms with van der Waals surface area (Å²) in [5.74, 6) is 2.49. The van der Waals surface area contributed by atoms with E-state index in [9.17, 15) is 19.8 Å². The van der Waals surface area contributed by atoms with E-state index >= 15 is 0 Å². The summed E-state index contributed by atoms with van der Waals surface area (Å²) in [7, 11) is 0. The van der Waals surface area contributed by atoms with E-state index in [2.05, 4.69) is 25.8 Å². The van der Waals surface area contributed by atoms with Gasteiger partial charge in [0.1, 0.15) is 0 Å². The molecule has 6 nitrogen and oxygen atoms in total. The summed E-state index contributed by atoms with van der Waals surface area (Å²) in [6, 6.07) is 32.7. The van der Waals surface area contributed by atoms with Gasteiger partial charge in [0, 0.05) is 11.1 Å². The number of carbonyl (C=O) groups is 2. The van der Waals surface area contributed by atoms with Crippen LogP contribution in [0, 0.1) is 0 Å². The fourth-order valence-electron chi connectivity index (χ4n) is 3.00. The van der Waals surface area contributed by atoms with Crippen molar-refractivity contribution in [2.45, 2.75) is 5.79 Å². The van der Waals surface area contributed by atoms with Crippen LogP contribution >= 0.6 is 0 Å². The Morgan fingerprint density at radius 1 is 0.529 bits per heavy atom. The molecule has 4 aromatic carbocycles. The van der Waals surface area contributed by atoms with E-state index in [-0.39, 0.29) is 11.5 Å². The number of carboxylic acid groups (broad SMARTS) is 2. The van der Waals surface area contributed by atoms with Gasteiger partial charge in [0.2, 0.25) is 0 Å². The first-order valence-corrected chi connectivity index (χ1v) is 11.3. The molecule has 0 saturated heterocycles. The Morgan fingerprint density at radius 2 is 0.824 bits per heavy atom. The molecular formula is C27H21AlO6. The van der Waals surface area contributed by atoms with Gasteiger partial charge in [0.05, 0.1) is 11.5 Å². The molecule has 0 amide bonds. The molecule has 4 rings (SSSR count). The van der Waals surface area contributed by atoms with Gasteiger partial charge < -0.3 is 29.3 Å². The van der Waals surface area contributed by atoms with Crippen molar-refractivity contribution in [2.75, 3.05) is 0 Å². The number of para-hydroxylation sites is 2. The molecule has 0 radical (unpaired) electrons. The Labute approximate surface area is 206 Å². The maximum atomic E-state index is 10.4. The molecule has 0 aromatic heterocycles. The number of rotatable bonds is 4. The monoisotopic (exact) mass is 468 g/mol. The molecule has 4 aromatic rings. The van der Waals surface area contributed by atoms with Crippen LogP contribution in [0.4, 0.5) is 9.59 Å². The predicted molar refractivity (Wildman–Crippen MR) is 127 cm³/mol. The van der Waals surface area contributed by atoms with Crippen LogP contribution in [0.1, 0.15) is 0 Å². The summed E-state index contributed by atoms with van der Waals surface area (Å²) < 4.78 is 9.21. The van der Waals surface area contributed by atoms with Gasteiger partial charge in [-0.3, -0.25) is 0 Å². The van der Waals surface area contributed by atoms with E-state index in [1.165, 1.54) is 0 Å². The minimum absolute atomic E-state index is 0.286. The van der Waals surface area contributed by atoms with Crippen molar-refractivity contribution >= 4 is 28.6 Å². The third-order valence-corrected chi connectivity index (χ3v) is 4.33. The molecule has 0 bridgehead atoms. The summed E-state index contributed by atoms with van der Waals surface area (Å²) >= 11 is 2.42. The Kier molecular flexibility index (Phi) is 10.9. The molecule has 0 saturated carbocycles. The van der Waals surface area contributed by atoms with Crippen LogP contribution in [0.15, 0.2) is 109 Å². The molecule has 7 heteroatoms. The van der Waals surface area contributed by atoms with Crippen molar-refractivity contribution in [3.63, 3.8) is 0 Å². The van der Waals surface area contributed by atoms with E-state index in [0.29, 0.717) is 0 Å². The second-order valence-corrected chi connectivity index (χ2v) is 6.43. The average molecular weight is 468 g/mol. The molecule has 0 unspecified atom stereocenters. The van der Waals surface area contributed by atoms with Crippen molar-refractivity contribution < 1.29 is 29.3 Å². The van der Waals surface area contributed by atoms with Crippen LogP contribution in [0.5, 0.6) is 11.5 Å². The zero-order chi connectivity index (χ0) is 24.8. The average Bonchev–Trinajstić information content (AvgIpc) is 2.87. The fraction of sp³-hybridized carbons (Fsp3) is 0.0370. The molecule has 0 spiro atoms. The SMILES string of the molecule is O=C([O-])Oc1ccccc1-c1ccccc1.O=C([O-])Oc1ccccc1-c1ccccc1.[CH3][Al+2]. The molecular weight excluding hydrogens is 447 g/mol. The molecule has 0 fully saturated rings. The fourth-order valence-corrected chi connectivity index (χ4v) is 3.00. The number of benzene rings is 4. The van der Waals surface area contributed by atoms with Gasteiger partial charge in [-0.1, -0.05) is 97.1 Å². The van der Waals surface area contributed by atoms with Crippen molar-refractivity contribution in [3.05, 3.63) is 109 Å². The van der Waals surface area contributed by atoms with Crippen LogP contribution in [0.25, 0.3) is 22.3 Å². The first kappa shape index (κ1) is 26.2. The Morgan fingerprint density at radius 3 is 1.15 bits per heavy atom. The van der Waals surface area contributed by atoms with Crippen LogP contribution in [0.3, 0.4) is 0 Å². The van der Waals surface area contributed by atoms with Gasteiger partial charge in [0.15, 0.2) is 0 Å². The van der Waals surface area contributed by atoms with Gasteiger partial charge in [0.25, 0.3) is 12.3 Å². The maximum absolute atomic E-state index is 10.4. The van der Waals surface area contributed by atoms with Crippen LogP contribution in [-0.2, 0) is 0 Å². The molecule has 168 valence electrons. The van der Waals surface area contributed by atoms with Gasteiger partial charge in [-0.25, -0.2) is 0 Å². The van der Waals surface area contributed by atoms with Crippen molar-refractivity contribution in [3.8, 4) is 33.8 Å². The summed E-state index contributed by atoms with van der Waals surface area (Å²) in [4.78, 5) is 20.8. The first-order valence-electron chi connectivity index (χ1n) is 10.2. The Hall–Kier alpha value is -4.05. The third kappa shape index (κ3) is 8.14. The van der Waals surface area contributed by atoms with Crippen molar-refractivity contribution in [2.24, 2.45) is 0 Å². The molecule has 34 heavy (non-hydrogen) atoms. The van der Waals surface area contributed by atoms with Crippen LogP contribution in [-0.4, -0.2) is 28.6 Å². The number of hydrogen-bond donors (Lipinski definition) is 0. The number of hydrogen-bond acceptors (Lipinski definition) is 6. The summed E-state index contributed by atoms with van der Waals surface area (Å²) in [5, 5.41) is 20.8. The van der Waals surface area contributed by atoms with E-state index in [0.717, 1.165) is 22.3 Å². The third-order valence-electron chi connectivity index (χ3n) is 4.33. The van der Waals surface area contributed by atoms with Gasteiger partial charge >= 0.3 is 22.1 Å². The molecule has 0 heterocycles. The molecule has 0 N–H and O–H groups in total. The topological polar surface area (TPSA) is 98.7 Å². The molecule has 0 aliphatic carbocycles. The van der Waals surface area contributed by atoms with Crippen molar-refractivity contribution in [1.82, 2.24) is 0 Å². The van der Waals surface area contributed by atoms with Crippen molar-refractivity contribution in [1.29, 1.82) is 0 Å². The van der Waals surface area contributed by atoms with Crippen LogP contribution < -0.4 is 19.7 Å². The zero-order valence-corrected chi connectivity index (χ0v) is 19.6. The first-order chi connectivity index (χ1) is 16.5. The normalized spacial score (nSPS) is 9.38. The van der Waals surface area contributed by atoms with Gasteiger partial charge in [-0.05, 0) is 23.3 Å². The second-order valence-electron chi connectivity index (χ2n) is 6.43.